The second-order valence-electron chi connectivity index (χ2n) is 3.16. The van der Waals surface area contributed by atoms with Crippen molar-refractivity contribution in [3.05, 3.63) is 30.0 Å². The molecule has 0 saturated carbocycles. The third kappa shape index (κ3) is 1.80. The van der Waals surface area contributed by atoms with Gasteiger partial charge in [-0.3, -0.25) is 5.10 Å². The highest BCUT2D eigenvalue weighted by molar-refractivity contribution is 5.78. The molecule has 1 aromatic heterocycles. The number of aromatic amines is 1. The van der Waals surface area contributed by atoms with Crippen molar-refractivity contribution in [3.8, 4) is 0 Å². The second-order valence-corrected chi connectivity index (χ2v) is 3.16. The van der Waals surface area contributed by atoms with Crippen LogP contribution in [-0.4, -0.2) is 21.5 Å². The van der Waals surface area contributed by atoms with Crippen molar-refractivity contribution in [3.63, 3.8) is 0 Å². The molecule has 1 aromatic carbocycles. The molecule has 0 bridgehead atoms. The van der Waals surface area contributed by atoms with Gasteiger partial charge in [-0.25, -0.2) is 0 Å². The molecular weight excluding hydrogens is 209 g/mol. The first kappa shape index (κ1) is 9.97. The van der Waals surface area contributed by atoms with E-state index in [9.17, 15) is 13.2 Å². The van der Waals surface area contributed by atoms with Gasteiger partial charge in [0.2, 0.25) is 0 Å². The molecule has 80 valence electrons. The lowest BCUT2D eigenvalue weighted by atomic mass is 10.1. The minimum Gasteiger partial charge on any atom is -0.379 e. The molecule has 0 aliphatic carbocycles. The third-order valence-corrected chi connectivity index (χ3v) is 2.09. The minimum absolute atomic E-state index is 0.195. The van der Waals surface area contributed by atoms with Gasteiger partial charge < -0.3 is 5.11 Å². The molecule has 2 aromatic rings. The molecule has 1 heterocycles. The molecule has 1 unspecified atom stereocenters. The summed E-state index contributed by atoms with van der Waals surface area (Å²) in [4.78, 5) is 0. The summed E-state index contributed by atoms with van der Waals surface area (Å²) < 4.78 is 36.6. The topological polar surface area (TPSA) is 48.9 Å². The van der Waals surface area contributed by atoms with E-state index < -0.39 is 12.3 Å². The Balaban J connectivity index is 2.44. The number of aliphatic hydroxyl groups excluding tert-OH is 1. The number of H-pyrrole nitrogens is 1. The Morgan fingerprint density at radius 1 is 1.33 bits per heavy atom. The summed E-state index contributed by atoms with van der Waals surface area (Å²) in [6.07, 6.45) is -5.60. The van der Waals surface area contributed by atoms with E-state index in [0.717, 1.165) is 0 Å². The SMILES string of the molecule is OC(c1ccc2cn[nH]c2c1)C(F)(F)F. The van der Waals surface area contributed by atoms with Crippen LogP contribution in [0.15, 0.2) is 24.4 Å². The van der Waals surface area contributed by atoms with Crippen LogP contribution >= 0.6 is 0 Å². The zero-order chi connectivity index (χ0) is 11.1. The van der Waals surface area contributed by atoms with Crippen LogP contribution in [0.4, 0.5) is 13.2 Å². The molecule has 0 spiro atoms. The summed E-state index contributed by atoms with van der Waals surface area (Å²) in [7, 11) is 0. The minimum atomic E-state index is -4.65. The van der Waals surface area contributed by atoms with E-state index in [1.165, 1.54) is 24.4 Å². The van der Waals surface area contributed by atoms with Crippen molar-refractivity contribution in [1.82, 2.24) is 10.2 Å². The van der Waals surface area contributed by atoms with Crippen LogP contribution in [0.1, 0.15) is 11.7 Å². The van der Waals surface area contributed by atoms with Crippen LogP contribution in [0.5, 0.6) is 0 Å². The van der Waals surface area contributed by atoms with E-state index in [1.807, 2.05) is 0 Å². The lowest BCUT2D eigenvalue weighted by Crippen LogP contribution is -2.20. The van der Waals surface area contributed by atoms with Gasteiger partial charge in [0.05, 0.1) is 11.7 Å². The first-order valence-corrected chi connectivity index (χ1v) is 4.16. The maximum Gasteiger partial charge on any atom is 0.418 e. The van der Waals surface area contributed by atoms with E-state index in [-0.39, 0.29) is 5.56 Å². The standard InChI is InChI=1S/C9H7F3N2O/c10-9(11,12)8(15)5-1-2-6-4-13-14-7(6)3-5/h1-4,8,15H,(H,13,14). The van der Waals surface area contributed by atoms with Gasteiger partial charge >= 0.3 is 6.18 Å². The molecule has 2 rings (SSSR count). The number of fused-ring (bicyclic) bond motifs is 1. The number of aliphatic hydroxyl groups is 1. The van der Waals surface area contributed by atoms with Gasteiger partial charge in [0.25, 0.3) is 0 Å². The molecule has 6 heteroatoms. The van der Waals surface area contributed by atoms with Crippen molar-refractivity contribution >= 4 is 10.9 Å². The average molecular weight is 216 g/mol. The zero-order valence-corrected chi connectivity index (χ0v) is 7.42. The number of aromatic nitrogens is 2. The fourth-order valence-electron chi connectivity index (χ4n) is 1.31. The molecule has 0 aliphatic rings. The normalized spacial score (nSPS) is 14.4. The molecule has 15 heavy (non-hydrogen) atoms. The van der Waals surface area contributed by atoms with Gasteiger partial charge in [-0.2, -0.15) is 18.3 Å². The summed E-state index contributed by atoms with van der Waals surface area (Å²) in [5.74, 6) is 0. The van der Waals surface area contributed by atoms with Crippen molar-refractivity contribution in [2.24, 2.45) is 0 Å². The van der Waals surface area contributed by atoms with E-state index in [2.05, 4.69) is 10.2 Å². The highest BCUT2D eigenvalue weighted by Gasteiger charge is 2.39. The smallest absolute Gasteiger partial charge is 0.379 e. The van der Waals surface area contributed by atoms with Crippen LogP contribution in [0, 0.1) is 0 Å². The van der Waals surface area contributed by atoms with Crippen molar-refractivity contribution < 1.29 is 18.3 Å². The number of halogens is 3. The fraction of sp³-hybridized carbons (Fsp3) is 0.222. The van der Waals surface area contributed by atoms with E-state index >= 15 is 0 Å². The highest BCUT2D eigenvalue weighted by atomic mass is 19.4. The number of hydrogen-bond donors (Lipinski definition) is 2. The van der Waals surface area contributed by atoms with Crippen LogP contribution in [0.3, 0.4) is 0 Å². The highest BCUT2D eigenvalue weighted by Crippen LogP contribution is 2.33. The van der Waals surface area contributed by atoms with Crippen LogP contribution < -0.4 is 0 Å². The Kier molecular flexibility index (Phi) is 2.15. The average Bonchev–Trinajstić information content (AvgIpc) is 2.61. The predicted molar refractivity (Wildman–Crippen MR) is 47.1 cm³/mol. The van der Waals surface area contributed by atoms with Gasteiger partial charge in [0, 0.05) is 5.39 Å². The lowest BCUT2D eigenvalue weighted by Gasteiger charge is -2.14. The van der Waals surface area contributed by atoms with Gasteiger partial charge in [0.1, 0.15) is 0 Å². The number of nitrogens with one attached hydrogen (secondary N) is 1. The molecule has 2 N–H and O–H groups in total. The second kappa shape index (κ2) is 3.23. The van der Waals surface area contributed by atoms with E-state index in [4.69, 9.17) is 5.11 Å². The summed E-state index contributed by atoms with van der Waals surface area (Å²) in [6.45, 7) is 0. The fourth-order valence-corrected chi connectivity index (χ4v) is 1.31. The monoisotopic (exact) mass is 216 g/mol. The summed E-state index contributed by atoms with van der Waals surface area (Å²) in [6, 6.07) is 3.94. The maximum absolute atomic E-state index is 12.2. The van der Waals surface area contributed by atoms with Gasteiger partial charge in [-0.05, 0) is 11.6 Å². The lowest BCUT2D eigenvalue weighted by molar-refractivity contribution is -0.206. The van der Waals surface area contributed by atoms with Gasteiger partial charge in [0.15, 0.2) is 6.10 Å². The Morgan fingerprint density at radius 3 is 2.73 bits per heavy atom. The Hall–Kier alpha value is -1.56. The Labute approximate surface area is 82.5 Å². The van der Waals surface area contributed by atoms with Crippen LogP contribution in [-0.2, 0) is 0 Å². The summed E-state index contributed by atoms with van der Waals surface area (Å²) in [5, 5.41) is 15.9. The molecule has 0 radical (unpaired) electrons. The first-order valence-electron chi connectivity index (χ1n) is 4.16. The molecule has 0 saturated heterocycles. The van der Waals surface area contributed by atoms with E-state index in [0.29, 0.717) is 10.9 Å². The van der Waals surface area contributed by atoms with Gasteiger partial charge in [-0.15, -0.1) is 0 Å². The van der Waals surface area contributed by atoms with Crippen molar-refractivity contribution in [2.75, 3.05) is 0 Å². The predicted octanol–water partition coefficient (Wildman–Crippen LogP) is 2.16. The number of alkyl halides is 3. The number of rotatable bonds is 1. The summed E-state index contributed by atoms with van der Waals surface area (Å²) >= 11 is 0. The van der Waals surface area contributed by atoms with Crippen LogP contribution in [0.2, 0.25) is 0 Å². The van der Waals surface area contributed by atoms with Crippen LogP contribution in [0.25, 0.3) is 10.9 Å². The molecule has 0 amide bonds. The Bertz CT molecular complexity index is 477. The number of hydrogen-bond acceptors (Lipinski definition) is 2. The molecule has 3 nitrogen and oxygen atoms in total. The largest absolute Gasteiger partial charge is 0.418 e. The first-order chi connectivity index (χ1) is 6.98. The summed E-state index contributed by atoms with van der Waals surface area (Å²) in [5.41, 5.74) is 0.273. The van der Waals surface area contributed by atoms with Gasteiger partial charge in [-0.1, -0.05) is 12.1 Å². The number of benzene rings is 1. The van der Waals surface area contributed by atoms with Crippen molar-refractivity contribution in [2.45, 2.75) is 12.3 Å². The third-order valence-electron chi connectivity index (χ3n) is 2.09. The number of nitrogens with zero attached hydrogens (tertiary/aromatic N) is 1. The molecule has 1 atom stereocenters. The molecule has 0 aliphatic heterocycles. The molecular formula is C9H7F3N2O. The maximum atomic E-state index is 12.2. The van der Waals surface area contributed by atoms with Crippen molar-refractivity contribution in [1.29, 1.82) is 0 Å². The van der Waals surface area contributed by atoms with E-state index in [1.54, 1.807) is 0 Å². The Morgan fingerprint density at radius 2 is 2.07 bits per heavy atom. The quantitative estimate of drug-likeness (QED) is 0.767. The molecule has 0 fully saturated rings. The zero-order valence-electron chi connectivity index (χ0n) is 7.42.